The molecule has 0 aliphatic heterocycles. The predicted octanol–water partition coefficient (Wildman–Crippen LogP) is 4.56. The summed E-state index contributed by atoms with van der Waals surface area (Å²) in [7, 11) is -5.00. The Labute approximate surface area is 226 Å². The number of hydrogen-bond acceptors (Lipinski definition) is 7. The molecule has 4 aromatic carbocycles. The molecule has 0 aliphatic rings. The lowest BCUT2D eigenvalue weighted by atomic mass is 10.1. The molecule has 0 aliphatic carbocycles. The highest BCUT2D eigenvalue weighted by molar-refractivity contribution is 7.93. The van der Waals surface area contributed by atoms with Crippen LogP contribution in [0.3, 0.4) is 0 Å². The minimum absolute atomic E-state index is 0.0469. The van der Waals surface area contributed by atoms with E-state index < -0.39 is 26.0 Å². The lowest BCUT2D eigenvalue weighted by Crippen LogP contribution is -2.18. The summed E-state index contributed by atoms with van der Waals surface area (Å²) in [5.74, 6) is 0.200. The smallest absolute Gasteiger partial charge is 0.262 e. The largest absolute Gasteiger partial charge is 0.497 e. The van der Waals surface area contributed by atoms with Crippen LogP contribution < -0.4 is 24.2 Å². The van der Waals surface area contributed by atoms with Crippen LogP contribution in [-0.4, -0.2) is 37.0 Å². The second-order valence-corrected chi connectivity index (χ2v) is 11.5. The van der Waals surface area contributed by atoms with E-state index in [0.29, 0.717) is 11.4 Å². The fourth-order valence-corrected chi connectivity index (χ4v) is 5.75. The average molecular weight is 568 g/mol. The molecule has 39 heavy (non-hydrogen) atoms. The molecule has 0 unspecified atom stereocenters. The van der Waals surface area contributed by atoms with E-state index in [1.807, 2.05) is 0 Å². The van der Waals surface area contributed by atoms with Crippen LogP contribution in [0.25, 0.3) is 0 Å². The van der Waals surface area contributed by atoms with Crippen molar-refractivity contribution in [3.05, 3.63) is 103 Å². The van der Waals surface area contributed by atoms with Gasteiger partial charge in [0.1, 0.15) is 11.5 Å². The summed E-state index contributed by atoms with van der Waals surface area (Å²) in [6.45, 7) is 0. The van der Waals surface area contributed by atoms with Gasteiger partial charge in [0.15, 0.2) is 0 Å². The second kappa shape index (κ2) is 11.5. The molecule has 0 atom stereocenters. The normalized spacial score (nSPS) is 11.3. The van der Waals surface area contributed by atoms with Gasteiger partial charge in [0, 0.05) is 11.8 Å². The molecule has 4 aromatic rings. The van der Waals surface area contributed by atoms with Crippen molar-refractivity contribution in [2.45, 2.75) is 9.79 Å². The van der Waals surface area contributed by atoms with Gasteiger partial charge in [-0.25, -0.2) is 16.8 Å². The molecule has 3 N–H and O–H groups in total. The van der Waals surface area contributed by atoms with E-state index in [4.69, 9.17) is 9.47 Å². The van der Waals surface area contributed by atoms with E-state index in [-0.39, 0.29) is 32.5 Å². The number of methoxy groups -OCH3 is 2. The number of ether oxygens (including phenoxy) is 2. The van der Waals surface area contributed by atoms with Crippen molar-refractivity contribution in [1.29, 1.82) is 0 Å². The Bertz CT molecular complexity index is 1690. The number of para-hydroxylation sites is 1. The van der Waals surface area contributed by atoms with E-state index in [9.17, 15) is 21.6 Å². The standard InChI is InChI=1S/C27H25N3O7S2/c1-36-20-14-17-25(26(18-20)37-2)30-39(34,35)22-15-12-19(13-16-22)28-27(31)23-10-6-7-11-24(23)29-38(32,33)21-8-4-3-5-9-21/h3-18,29-30H,1-2H3,(H,28,31). The molecule has 0 saturated carbocycles. The minimum atomic E-state index is -3.98. The minimum Gasteiger partial charge on any atom is -0.497 e. The average Bonchev–Trinajstić information content (AvgIpc) is 2.94. The molecule has 12 heteroatoms. The van der Waals surface area contributed by atoms with Crippen molar-refractivity contribution in [2.24, 2.45) is 0 Å². The van der Waals surface area contributed by atoms with Crippen LogP contribution in [0.4, 0.5) is 17.1 Å². The van der Waals surface area contributed by atoms with Crippen LogP contribution in [0.1, 0.15) is 10.4 Å². The van der Waals surface area contributed by atoms with Crippen LogP contribution in [0, 0.1) is 0 Å². The van der Waals surface area contributed by atoms with E-state index >= 15 is 0 Å². The molecule has 0 heterocycles. The Kier molecular flexibility index (Phi) is 8.07. The summed E-state index contributed by atoms with van der Waals surface area (Å²) in [6.07, 6.45) is 0. The summed E-state index contributed by atoms with van der Waals surface area (Å²) < 4.78 is 66.6. The Hall–Kier alpha value is -4.55. The van der Waals surface area contributed by atoms with Gasteiger partial charge in [-0.2, -0.15) is 0 Å². The molecule has 10 nitrogen and oxygen atoms in total. The van der Waals surface area contributed by atoms with Crippen molar-refractivity contribution in [3.8, 4) is 11.5 Å². The summed E-state index contributed by atoms with van der Waals surface area (Å²) in [4.78, 5) is 13.0. The fourth-order valence-electron chi connectivity index (χ4n) is 3.58. The molecule has 0 radical (unpaired) electrons. The number of rotatable bonds is 10. The highest BCUT2D eigenvalue weighted by atomic mass is 32.2. The van der Waals surface area contributed by atoms with Gasteiger partial charge in [-0.3, -0.25) is 14.2 Å². The van der Waals surface area contributed by atoms with E-state index in [2.05, 4.69) is 14.8 Å². The summed E-state index contributed by atoms with van der Waals surface area (Å²) in [5, 5.41) is 2.66. The molecular weight excluding hydrogens is 542 g/mol. The first-order chi connectivity index (χ1) is 18.6. The zero-order chi connectivity index (χ0) is 28.0. The lowest BCUT2D eigenvalue weighted by molar-refractivity contribution is 0.102. The highest BCUT2D eigenvalue weighted by Gasteiger charge is 2.20. The highest BCUT2D eigenvalue weighted by Crippen LogP contribution is 2.31. The third-order valence-corrected chi connectivity index (χ3v) is 8.31. The number of carbonyl (C=O) groups excluding carboxylic acids is 1. The molecule has 0 fully saturated rings. The number of benzene rings is 4. The van der Waals surface area contributed by atoms with Crippen molar-refractivity contribution >= 4 is 43.0 Å². The third kappa shape index (κ3) is 6.48. The number of sulfonamides is 2. The van der Waals surface area contributed by atoms with E-state index in [1.54, 1.807) is 42.5 Å². The molecular formula is C27H25N3O7S2. The first-order valence-corrected chi connectivity index (χ1v) is 14.4. The van der Waals surface area contributed by atoms with Crippen molar-refractivity contribution in [2.75, 3.05) is 29.0 Å². The van der Waals surface area contributed by atoms with Crippen LogP contribution in [0.2, 0.25) is 0 Å². The molecule has 0 spiro atoms. The summed E-state index contributed by atoms with van der Waals surface area (Å²) in [5.41, 5.74) is 0.713. The maximum Gasteiger partial charge on any atom is 0.262 e. The predicted molar refractivity (Wildman–Crippen MR) is 148 cm³/mol. The molecule has 0 saturated heterocycles. The monoisotopic (exact) mass is 567 g/mol. The maximum atomic E-state index is 13.0. The number of anilines is 3. The summed E-state index contributed by atoms with van der Waals surface area (Å²) in [6, 6.07) is 24.1. The first kappa shape index (κ1) is 27.5. The number of nitrogens with one attached hydrogen (secondary N) is 3. The topological polar surface area (TPSA) is 140 Å². The zero-order valence-electron chi connectivity index (χ0n) is 20.9. The van der Waals surface area contributed by atoms with Gasteiger partial charge in [0.25, 0.3) is 26.0 Å². The van der Waals surface area contributed by atoms with Crippen LogP contribution >= 0.6 is 0 Å². The van der Waals surface area contributed by atoms with E-state index in [0.717, 1.165) is 0 Å². The zero-order valence-corrected chi connectivity index (χ0v) is 22.5. The Morgan fingerprint density at radius 3 is 1.87 bits per heavy atom. The van der Waals surface area contributed by atoms with Crippen LogP contribution in [-0.2, 0) is 20.0 Å². The number of hydrogen-bond donors (Lipinski definition) is 3. The van der Waals surface area contributed by atoms with Crippen molar-refractivity contribution in [3.63, 3.8) is 0 Å². The Morgan fingerprint density at radius 2 is 1.23 bits per heavy atom. The van der Waals surface area contributed by atoms with E-state index in [1.165, 1.54) is 68.8 Å². The molecule has 0 bridgehead atoms. The fraction of sp³-hybridized carbons (Fsp3) is 0.0741. The molecule has 202 valence electrons. The number of amides is 1. The summed E-state index contributed by atoms with van der Waals surface area (Å²) >= 11 is 0. The van der Waals surface area contributed by atoms with Gasteiger partial charge in [-0.05, 0) is 60.7 Å². The Balaban J connectivity index is 1.50. The Morgan fingerprint density at radius 1 is 0.641 bits per heavy atom. The second-order valence-electron chi connectivity index (χ2n) is 8.11. The molecule has 0 aromatic heterocycles. The maximum absolute atomic E-state index is 13.0. The van der Waals surface area contributed by atoms with Crippen molar-refractivity contribution < 1.29 is 31.1 Å². The number of carbonyl (C=O) groups is 1. The molecule has 1 amide bonds. The van der Waals surface area contributed by atoms with Gasteiger partial charge in [0.05, 0.1) is 40.9 Å². The van der Waals surface area contributed by atoms with Gasteiger partial charge in [-0.1, -0.05) is 30.3 Å². The van der Waals surface area contributed by atoms with Gasteiger partial charge in [0.2, 0.25) is 0 Å². The van der Waals surface area contributed by atoms with Gasteiger partial charge >= 0.3 is 0 Å². The third-order valence-electron chi connectivity index (χ3n) is 5.55. The van der Waals surface area contributed by atoms with Crippen LogP contribution in [0.15, 0.2) is 107 Å². The van der Waals surface area contributed by atoms with Gasteiger partial charge in [-0.15, -0.1) is 0 Å². The SMILES string of the molecule is COc1ccc(NS(=O)(=O)c2ccc(NC(=O)c3ccccc3NS(=O)(=O)c3ccccc3)cc2)c(OC)c1. The molecule has 4 rings (SSSR count). The first-order valence-electron chi connectivity index (χ1n) is 11.5. The lowest BCUT2D eigenvalue weighted by Gasteiger charge is -2.14. The van der Waals surface area contributed by atoms with Gasteiger partial charge < -0.3 is 14.8 Å². The van der Waals surface area contributed by atoms with Crippen LogP contribution in [0.5, 0.6) is 11.5 Å². The quantitative estimate of drug-likeness (QED) is 0.255. The van der Waals surface area contributed by atoms with Crippen molar-refractivity contribution in [1.82, 2.24) is 0 Å².